The minimum absolute atomic E-state index is 0.0422. The summed E-state index contributed by atoms with van der Waals surface area (Å²) in [4.78, 5) is 12.5. The van der Waals surface area contributed by atoms with Crippen molar-refractivity contribution in [1.29, 1.82) is 0 Å². The number of allylic oxidation sites excluding steroid dienone is 1. The van der Waals surface area contributed by atoms with Gasteiger partial charge in [0, 0.05) is 17.3 Å². The lowest BCUT2D eigenvalue weighted by Crippen LogP contribution is -2.56. The molecule has 3 heteroatoms. The van der Waals surface area contributed by atoms with Crippen LogP contribution in [0.5, 0.6) is 0 Å². The van der Waals surface area contributed by atoms with E-state index in [0.29, 0.717) is 6.61 Å². The van der Waals surface area contributed by atoms with Crippen molar-refractivity contribution in [3.8, 4) is 0 Å². The summed E-state index contributed by atoms with van der Waals surface area (Å²) in [7, 11) is 0. The average molecular weight is 250 g/mol. The normalized spacial score (nSPS) is 46.3. The molecule has 1 N–H and O–H groups in total. The molecular weight excluding hydrogens is 228 g/mol. The summed E-state index contributed by atoms with van der Waals surface area (Å²) in [6.07, 6.45) is 4.05. The SMILES string of the molecule is CC1=CC(=O)[C@H]2C(C)(C)CCC[C@@]23C(O)OC[C@@H]13. The fraction of sp³-hybridized carbons (Fsp3) is 0.800. The maximum absolute atomic E-state index is 12.5. The Hall–Kier alpha value is -0.670. The third kappa shape index (κ3) is 1.35. The number of hydrogen-bond donors (Lipinski definition) is 1. The molecule has 4 atom stereocenters. The van der Waals surface area contributed by atoms with Gasteiger partial charge in [-0.2, -0.15) is 0 Å². The highest BCUT2D eigenvalue weighted by Gasteiger charge is 2.64. The number of aliphatic hydroxyl groups excluding tert-OH is 1. The van der Waals surface area contributed by atoms with Crippen molar-refractivity contribution in [2.75, 3.05) is 6.61 Å². The summed E-state index contributed by atoms with van der Waals surface area (Å²) >= 11 is 0. The van der Waals surface area contributed by atoms with Gasteiger partial charge < -0.3 is 9.84 Å². The van der Waals surface area contributed by atoms with E-state index in [1.54, 1.807) is 6.08 Å². The largest absolute Gasteiger partial charge is 0.367 e. The van der Waals surface area contributed by atoms with Gasteiger partial charge in [-0.25, -0.2) is 0 Å². The Morgan fingerprint density at radius 2 is 2.11 bits per heavy atom. The molecule has 0 aromatic rings. The van der Waals surface area contributed by atoms with E-state index in [2.05, 4.69) is 13.8 Å². The molecule has 0 radical (unpaired) electrons. The zero-order valence-corrected chi connectivity index (χ0v) is 11.4. The fourth-order valence-corrected chi connectivity index (χ4v) is 4.79. The molecule has 1 unspecified atom stereocenters. The van der Waals surface area contributed by atoms with Crippen molar-refractivity contribution >= 4 is 5.78 Å². The summed E-state index contributed by atoms with van der Waals surface area (Å²) in [5.74, 6) is 0.317. The molecule has 1 heterocycles. The number of ketones is 1. The minimum Gasteiger partial charge on any atom is -0.367 e. The molecule has 2 fully saturated rings. The molecule has 2 aliphatic carbocycles. The van der Waals surface area contributed by atoms with E-state index in [4.69, 9.17) is 4.74 Å². The summed E-state index contributed by atoms with van der Waals surface area (Å²) in [6.45, 7) is 6.88. The van der Waals surface area contributed by atoms with Crippen LogP contribution in [-0.2, 0) is 9.53 Å². The Bertz CT molecular complexity index is 423. The number of rotatable bonds is 0. The van der Waals surface area contributed by atoms with Crippen LogP contribution in [0.3, 0.4) is 0 Å². The Morgan fingerprint density at radius 3 is 2.83 bits per heavy atom. The number of carbonyl (C=O) groups is 1. The zero-order chi connectivity index (χ0) is 13.1. The lowest BCUT2D eigenvalue weighted by atomic mass is 9.48. The molecule has 1 spiro atoms. The molecule has 18 heavy (non-hydrogen) atoms. The molecule has 3 nitrogen and oxygen atoms in total. The second kappa shape index (κ2) is 3.67. The first kappa shape index (κ1) is 12.4. The van der Waals surface area contributed by atoms with Crippen LogP contribution in [0.1, 0.15) is 40.0 Å². The van der Waals surface area contributed by atoms with Crippen LogP contribution in [0.25, 0.3) is 0 Å². The topological polar surface area (TPSA) is 46.5 Å². The Kier molecular flexibility index (Phi) is 2.52. The molecule has 0 amide bonds. The van der Waals surface area contributed by atoms with Gasteiger partial charge in [0.25, 0.3) is 0 Å². The molecule has 1 saturated carbocycles. The Labute approximate surface area is 108 Å². The predicted molar refractivity (Wildman–Crippen MR) is 67.8 cm³/mol. The molecule has 0 aromatic heterocycles. The molecule has 100 valence electrons. The van der Waals surface area contributed by atoms with Crippen molar-refractivity contribution in [2.24, 2.45) is 22.7 Å². The highest BCUT2D eigenvalue weighted by molar-refractivity contribution is 5.95. The molecule has 0 aromatic carbocycles. The van der Waals surface area contributed by atoms with E-state index in [1.165, 1.54) is 0 Å². The van der Waals surface area contributed by atoms with Gasteiger partial charge in [-0.1, -0.05) is 25.8 Å². The van der Waals surface area contributed by atoms with Gasteiger partial charge in [0.2, 0.25) is 0 Å². The van der Waals surface area contributed by atoms with Gasteiger partial charge in [-0.3, -0.25) is 4.79 Å². The highest BCUT2D eigenvalue weighted by Crippen LogP contribution is 2.62. The van der Waals surface area contributed by atoms with E-state index < -0.39 is 6.29 Å². The van der Waals surface area contributed by atoms with Gasteiger partial charge in [0.15, 0.2) is 12.1 Å². The number of ether oxygens (including phenoxy) is 1. The van der Waals surface area contributed by atoms with Crippen molar-refractivity contribution in [2.45, 2.75) is 46.3 Å². The molecule has 1 aliphatic heterocycles. The zero-order valence-electron chi connectivity index (χ0n) is 11.4. The standard InChI is InChI=1S/C15H22O3/c1-9-7-11(16)12-14(2,3)5-4-6-15(12)10(9)8-18-13(15)17/h7,10,12-13,17H,4-6,8H2,1-3H3/t10-,12-,13?,15-/m0/s1. The third-order valence-electron chi connectivity index (χ3n) is 5.48. The van der Waals surface area contributed by atoms with E-state index in [9.17, 15) is 9.90 Å². The van der Waals surface area contributed by atoms with Crippen LogP contribution in [0.4, 0.5) is 0 Å². The summed E-state index contributed by atoms with van der Waals surface area (Å²) in [6, 6.07) is 0. The second-order valence-corrected chi connectivity index (χ2v) is 6.92. The van der Waals surface area contributed by atoms with E-state index in [0.717, 1.165) is 24.8 Å². The van der Waals surface area contributed by atoms with Crippen molar-refractivity contribution in [3.63, 3.8) is 0 Å². The first-order valence-electron chi connectivity index (χ1n) is 6.91. The van der Waals surface area contributed by atoms with E-state index >= 15 is 0 Å². The maximum Gasteiger partial charge on any atom is 0.161 e. The van der Waals surface area contributed by atoms with Crippen LogP contribution < -0.4 is 0 Å². The summed E-state index contributed by atoms with van der Waals surface area (Å²) in [5, 5.41) is 10.4. The molecule has 1 saturated heterocycles. The quantitative estimate of drug-likeness (QED) is 0.717. The van der Waals surface area contributed by atoms with Crippen molar-refractivity contribution < 1.29 is 14.6 Å². The first-order chi connectivity index (χ1) is 8.39. The Balaban J connectivity index is 2.17. The van der Waals surface area contributed by atoms with Gasteiger partial charge in [0.05, 0.1) is 6.61 Å². The molecule has 3 aliphatic rings. The van der Waals surface area contributed by atoms with E-state index in [-0.39, 0.29) is 28.4 Å². The van der Waals surface area contributed by atoms with Gasteiger partial charge in [0.1, 0.15) is 0 Å². The smallest absolute Gasteiger partial charge is 0.161 e. The van der Waals surface area contributed by atoms with Gasteiger partial charge in [-0.05, 0) is 31.3 Å². The van der Waals surface area contributed by atoms with Crippen LogP contribution in [-0.4, -0.2) is 23.8 Å². The van der Waals surface area contributed by atoms with Crippen molar-refractivity contribution in [3.05, 3.63) is 11.6 Å². The lowest BCUT2D eigenvalue weighted by Gasteiger charge is -2.54. The second-order valence-electron chi connectivity index (χ2n) is 6.92. The highest BCUT2D eigenvalue weighted by atomic mass is 16.6. The fourth-order valence-electron chi connectivity index (χ4n) is 4.79. The number of aliphatic hydroxyl groups is 1. The van der Waals surface area contributed by atoms with Gasteiger partial charge in [-0.15, -0.1) is 0 Å². The summed E-state index contributed by atoms with van der Waals surface area (Å²) in [5.41, 5.74) is 0.683. The first-order valence-corrected chi connectivity index (χ1v) is 6.91. The molecule has 3 rings (SSSR count). The van der Waals surface area contributed by atoms with Crippen LogP contribution in [0.2, 0.25) is 0 Å². The van der Waals surface area contributed by atoms with E-state index in [1.807, 2.05) is 6.92 Å². The minimum atomic E-state index is -0.778. The average Bonchev–Trinajstić information content (AvgIpc) is 2.55. The van der Waals surface area contributed by atoms with Crippen molar-refractivity contribution in [1.82, 2.24) is 0 Å². The molecular formula is C15H22O3. The number of carbonyl (C=O) groups excluding carboxylic acids is 1. The summed E-state index contributed by atoms with van der Waals surface area (Å²) < 4.78 is 5.53. The monoisotopic (exact) mass is 250 g/mol. The van der Waals surface area contributed by atoms with Crippen LogP contribution in [0.15, 0.2) is 11.6 Å². The lowest BCUT2D eigenvalue weighted by molar-refractivity contribution is -0.179. The molecule has 0 bridgehead atoms. The Morgan fingerprint density at radius 1 is 1.39 bits per heavy atom. The predicted octanol–water partition coefficient (Wildman–Crippen LogP) is 2.29. The maximum atomic E-state index is 12.5. The third-order valence-corrected chi connectivity index (χ3v) is 5.48. The number of hydrogen-bond acceptors (Lipinski definition) is 3. The van der Waals surface area contributed by atoms with Gasteiger partial charge >= 0.3 is 0 Å². The van der Waals surface area contributed by atoms with Crippen LogP contribution in [0, 0.1) is 22.7 Å². The van der Waals surface area contributed by atoms with Crippen LogP contribution >= 0.6 is 0 Å².